The molecule has 0 amide bonds. The van der Waals surface area contributed by atoms with Crippen LogP contribution in [0.2, 0.25) is 0 Å². The number of nitrogens with zero attached hydrogens (tertiary/aromatic N) is 2. The van der Waals surface area contributed by atoms with Gasteiger partial charge in [0, 0.05) is 18.3 Å². The van der Waals surface area contributed by atoms with Crippen LogP contribution in [0.15, 0.2) is 12.4 Å². The van der Waals surface area contributed by atoms with E-state index in [1.807, 2.05) is 0 Å². The van der Waals surface area contributed by atoms with Gasteiger partial charge in [-0.05, 0) is 99.4 Å². The predicted molar refractivity (Wildman–Crippen MR) is 177 cm³/mol. The summed E-state index contributed by atoms with van der Waals surface area (Å²) in [6.45, 7) is 4.63. The Morgan fingerprint density at radius 3 is 1.34 bits per heavy atom. The maximum Gasteiger partial charge on any atom is 0.131 e. The highest BCUT2D eigenvalue weighted by Crippen LogP contribution is 2.44. The fourth-order valence-electron chi connectivity index (χ4n) is 8.95. The number of hydrogen-bond acceptors (Lipinski definition) is 2. The molecule has 3 saturated carbocycles. The molecule has 0 N–H and O–H groups in total. The zero-order valence-electron chi connectivity index (χ0n) is 27.6. The molecule has 0 spiro atoms. The molecule has 41 heavy (non-hydrogen) atoms. The summed E-state index contributed by atoms with van der Waals surface area (Å²) < 4.78 is 0. The van der Waals surface area contributed by atoms with Crippen molar-refractivity contribution in [2.75, 3.05) is 0 Å². The summed E-state index contributed by atoms with van der Waals surface area (Å²) >= 11 is 0. The highest BCUT2D eigenvalue weighted by Gasteiger charge is 2.31. The fraction of sp³-hybridized carbons (Fsp3) is 0.897. The van der Waals surface area contributed by atoms with Crippen LogP contribution in [-0.4, -0.2) is 9.97 Å². The van der Waals surface area contributed by atoms with E-state index in [1.54, 1.807) is 0 Å². The Hall–Kier alpha value is -0.920. The first-order chi connectivity index (χ1) is 20.3. The predicted octanol–water partition coefficient (Wildman–Crippen LogP) is 12.7. The molecule has 4 rings (SSSR count). The van der Waals surface area contributed by atoms with Gasteiger partial charge in [-0.15, -0.1) is 0 Å². The van der Waals surface area contributed by atoms with Crippen molar-refractivity contribution in [2.45, 2.75) is 199 Å². The number of unbranched alkanes of at least 4 members (excludes halogenated alkanes) is 11. The molecule has 1 heterocycles. The standard InChI is InChI=1S/C39H68N2/c1-3-5-7-9-10-11-13-15-17-32-18-22-34(23-19-32)35-26-28-36(29-27-35)38-30-40-39(41-31-38)37-24-20-33(21-25-37)16-14-12-8-6-4-2/h30-37H,3-29H2,1-2H3/t32-,33-,34-,35-,36-,37-. The SMILES string of the molecule is CCCCCCCCCC[C@H]1CC[C@H]([C@H]2CC[C@H](c3cnc([C@H]4CC[C@H](CCCCCCC)CC4)nc3)CC2)CC1. The van der Waals surface area contributed by atoms with Gasteiger partial charge in [0.15, 0.2) is 0 Å². The molecule has 0 unspecified atom stereocenters. The van der Waals surface area contributed by atoms with Gasteiger partial charge in [0.05, 0.1) is 0 Å². The van der Waals surface area contributed by atoms with Crippen LogP contribution in [0.25, 0.3) is 0 Å². The summed E-state index contributed by atoms with van der Waals surface area (Å²) in [5.74, 6) is 6.50. The highest BCUT2D eigenvalue weighted by atomic mass is 14.9. The average molecular weight is 565 g/mol. The molecule has 0 atom stereocenters. The zero-order chi connectivity index (χ0) is 28.5. The lowest BCUT2D eigenvalue weighted by molar-refractivity contribution is 0.155. The van der Waals surface area contributed by atoms with Crippen LogP contribution in [0.4, 0.5) is 0 Å². The van der Waals surface area contributed by atoms with Gasteiger partial charge in [0.25, 0.3) is 0 Å². The Kier molecular flexibility index (Phi) is 15.6. The normalized spacial score (nSPS) is 29.0. The van der Waals surface area contributed by atoms with Crippen molar-refractivity contribution in [3.8, 4) is 0 Å². The van der Waals surface area contributed by atoms with Gasteiger partial charge in [0.2, 0.25) is 0 Å². The highest BCUT2D eigenvalue weighted by molar-refractivity contribution is 5.14. The van der Waals surface area contributed by atoms with E-state index in [9.17, 15) is 0 Å². The monoisotopic (exact) mass is 565 g/mol. The van der Waals surface area contributed by atoms with Gasteiger partial charge in [-0.3, -0.25) is 0 Å². The summed E-state index contributed by atoms with van der Waals surface area (Å²) in [7, 11) is 0. The van der Waals surface area contributed by atoms with Crippen LogP contribution in [0.3, 0.4) is 0 Å². The van der Waals surface area contributed by atoms with Crippen LogP contribution in [0.1, 0.15) is 210 Å². The van der Waals surface area contributed by atoms with Gasteiger partial charge in [0.1, 0.15) is 5.82 Å². The maximum absolute atomic E-state index is 4.96. The van der Waals surface area contributed by atoms with E-state index in [0.29, 0.717) is 11.8 Å². The third kappa shape index (κ3) is 11.6. The lowest BCUT2D eigenvalue weighted by Crippen LogP contribution is -2.25. The second-order valence-electron chi connectivity index (χ2n) is 15.0. The molecule has 0 radical (unpaired) electrons. The van der Waals surface area contributed by atoms with Crippen molar-refractivity contribution < 1.29 is 0 Å². The van der Waals surface area contributed by atoms with Crippen molar-refractivity contribution in [1.29, 1.82) is 0 Å². The molecule has 0 aliphatic heterocycles. The summed E-state index contributed by atoms with van der Waals surface area (Å²) in [4.78, 5) is 9.91. The summed E-state index contributed by atoms with van der Waals surface area (Å²) in [6.07, 6.45) is 43.4. The van der Waals surface area contributed by atoms with E-state index in [1.165, 1.54) is 179 Å². The van der Waals surface area contributed by atoms with Gasteiger partial charge < -0.3 is 0 Å². The smallest absolute Gasteiger partial charge is 0.131 e. The van der Waals surface area contributed by atoms with Crippen LogP contribution < -0.4 is 0 Å². The van der Waals surface area contributed by atoms with E-state index >= 15 is 0 Å². The largest absolute Gasteiger partial charge is 0.241 e. The molecule has 0 saturated heterocycles. The Bertz CT molecular complexity index is 763. The quantitative estimate of drug-likeness (QED) is 0.166. The van der Waals surface area contributed by atoms with E-state index in [0.717, 1.165) is 29.5 Å². The topological polar surface area (TPSA) is 25.8 Å². The van der Waals surface area contributed by atoms with E-state index in [4.69, 9.17) is 9.97 Å². The second kappa shape index (κ2) is 19.4. The first kappa shape index (κ1) is 33.0. The Labute approximate surface area is 256 Å². The zero-order valence-corrected chi connectivity index (χ0v) is 27.6. The molecule has 0 bridgehead atoms. The first-order valence-corrected chi connectivity index (χ1v) is 19.1. The molecule has 0 aromatic carbocycles. The van der Waals surface area contributed by atoms with Crippen LogP contribution in [-0.2, 0) is 0 Å². The van der Waals surface area contributed by atoms with Crippen LogP contribution >= 0.6 is 0 Å². The molecule has 2 nitrogen and oxygen atoms in total. The van der Waals surface area contributed by atoms with Crippen molar-refractivity contribution in [3.63, 3.8) is 0 Å². The molecule has 1 aromatic rings. The number of rotatable bonds is 18. The molecular weight excluding hydrogens is 496 g/mol. The Morgan fingerprint density at radius 2 is 0.854 bits per heavy atom. The minimum absolute atomic E-state index is 0.613. The van der Waals surface area contributed by atoms with Crippen molar-refractivity contribution in [1.82, 2.24) is 9.97 Å². The lowest BCUT2D eigenvalue weighted by atomic mass is 9.68. The summed E-state index contributed by atoms with van der Waals surface area (Å²) in [5.41, 5.74) is 1.43. The Morgan fingerprint density at radius 1 is 0.463 bits per heavy atom. The van der Waals surface area contributed by atoms with E-state index in [2.05, 4.69) is 26.2 Å². The average Bonchev–Trinajstić information content (AvgIpc) is 3.03. The molecule has 3 aliphatic carbocycles. The van der Waals surface area contributed by atoms with E-state index < -0.39 is 0 Å². The fourth-order valence-corrected chi connectivity index (χ4v) is 8.95. The van der Waals surface area contributed by atoms with Crippen molar-refractivity contribution >= 4 is 0 Å². The van der Waals surface area contributed by atoms with Gasteiger partial charge >= 0.3 is 0 Å². The molecule has 1 aromatic heterocycles. The van der Waals surface area contributed by atoms with Crippen LogP contribution in [0.5, 0.6) is 0 Å². The third-order valence-electron chi connectivity index (χ3n) is 11.9. The Balaban J connectivity index is 1.07. The molecule has 3 aliphatic rings. The first-order valence-electron chi connectivity index (χ1n) is 19.1. The lowest BCUT2D eigenvalue weighted by Gasteiger charge is -2.38. The van der Waals surface area contributed by atoms with Gasteiger partial charge in [-0.2, -0.15) is 0 Å². The van der Waals surface area contributed by atoms with Crippen molar-refractivity contribution in [2.24, 2.45) is 23.7 Å². The number of aromatic nitrogens is 2. The summed E-state index contributed by atoms with van der Waals surface area (Å²) in [6, 6.07) is 0. The minimum Gasteiger partial charge on any atom is -0.241 e. The van der Waals surface area contributed by atoms with Gasteiger partial charge in [-0.1, -0.05) is 123 Å². The van der Waals surface area contributed by atoms with Gasteiger partial charge in [-0.25, -0.2) is 9.97 Å². The molecule has 3 fully saturated rings. The van der Waals surface area contributed by atoms with Crippen LogP contribution in [0, 0.1) is 23.7 Å². The van der Waals surface area contributed by atoms with E-state index in [-0.39, 0.29) is 0 Å². The molecular formula is C39H68N2. The molecule has 234 valence electrons. The molecule has 2 heteroatoms. The van der Waals surface area contributed by atoms with Crippen molar-refractivity contribution in [3.05, 3.63) is 23.8 Å². The maximum atomic E-state index is 4.96. The number of hydrogen-bond donors (Lipinski definition) is 0. The third-order valence-corrected chi connectivity index (χ3v) is 11.9. The summed E-state index contributed by atoms with van der Waals surface area (Å²) in [5, 5.41) is 0. The second-order valence-corrected chi connectivity index (χ2v) is 15.0. The minimum atomic E-state index is 0.613.